The first-order chi connectivity index (χ1) is 9.29. The van der Waals surface area contributed by atoms with E-state index in [-0.39, 0.29) is 0 Å². The number of H-pyrrole nitrogens is 1. The summed E-state index contributed by atoms with van der Waals surface area (Å²) in [4.78, 5) is 3.38. The smallest absolute Gasteiger partial charge is 0.0195 e. The number of aromatic amines is 1. The SMILES string of the molecule is CC/C=C\c1c(C2=CC3=C(CCC=C3)C2)c[nH]c1C. The minimum atomic E-state index is 1.08. The van der Waals surface area contributed by atoms with Gasteiger partial charge in [-0.15, -0.1) is 0 Å². The molecule has 1 aromatic rings. The Morgan fingerprint density at radius 2 is 2.26 bits per heavy atom. The molecule has 0 bridgehead atoms. The second-order valence-corrected chi connectivity index (χ2v) is 5.40. The molecule has 0 unspecified atom stereocenters. The zero-order valence-corrected chi connectivity index (χ0v) is 11.8. The lowest BCUT2D eigenvalue weighted by Gasteiger charge is -2.07. The lowest BCUT2D eigenvalue weighted by atomic mass is 9.97. The number of hydrogen-bond donors (Lipinski definition) is 1. The first-order valence-corrected chi connectivity index (χ1v) is 7.23. The Kier molecular flexibility index (Phi) is 3.29. The van der Waals surface area contributed by atoms with Crippen molar-refractivity contribution in [3.05, 3.63) is 58.5 Å². The van der Waals surface area contributed by atoms with E-state index in [9.17, 15) is 0 Å². The lowest BCUT2D eigenvalue weighted by molar-refractivity contribution is 0.930. The van der Waals surface area contributed by atoms with Gasteiger partial charge in [0.25, 0.3) is 0 Å². The second kappa shape index (κ2) is 5.08. The van der Waals surface area contributed by atoms with Gasteiger partial charge in [0, 0.05) is 23.0 Å². The molecular weight excluding hydrogens is 230 g/mol. The van der Waals surface area contributed by atoms with Gasteiger partial charge in [-0.1, -0.05) is 42.9 Å². The molecule has 0 fully saturated rings. The number of aromatic nitrogens is 1. The zero-order valence-electron chi connectivity index (χ0n) is 11.8. The predicted octanol–water partition coefficient (Wildman–Crippen LogP) is 5.18. The molecular formula is C18H21N. The van der Waals surface area contributed by atoms with Crippen LogP contribution in [0.5, 0.6) is 0 Å². The van der Waals surface area contributed by atoms with Crippen molar-refractivity contribution in [2.45, 2.75) is 39.5 Å². The number of nitrogens with one attached hydrogen (secondary N) is 1. The summed E-state index contributed by atoms with van der Waals surface area (Å²) in [5, 5.41) is 0. The van der Waals surface area contributed by atoms with E-state index in [0.717, 1.165) is 12.8 Å². The first kappa shape index (κ1) is 12.3. The van der Waals surface area contributed by atoms with Crippen LogP contribution in [0, 0.1) is 6.92 Å². The Labute approximate surface area is 115 Å². The van der Waals surface area contributed by atoms with Crippen molar-refractivity contribution in [1.29, 1.82) is 0 Å². The van der Waals surface area contributed by atoms with Crippen molar-refractivity contribution >= 4 is 11.6 Å². The molecule has 0 aliphatic heterocycles. The quantitative estimate of drug-likeness (QED) is 0.761. The molecule has 19 heavy (non-hydrogen) atoms. The van der Waals surface area contributed by atoms with Crippen LogP contribution < -0.4 is 0 Å². The van der Waals surface area contributed by atoms with Crippen LogP contribution in [0.15, 0.2) is 41.6 Å². The van der Waals surface area contributed by atoms with Crippen molar-refractivity contribution in [2.75, 3.05) is 0 Å². The molecule has 1 aromatic heterocycles. The summed E-state index contributed by atoms with van der Waals surface area (Å²) in [7, 11) is 0. The molecule has 1 N–H and O–H groups in total. The van der Waals surface area contributed by atoms with Crippen LogP contribution in [0.25, 0.3) is 11.6 Å². The fourth-order valence-electron chi connectivity index (χ4n) is 2.97. The van der Waals surface area contributed by atoms with Gasteiger partial charge in [0.2, 0.25) is 0 Å². The summed E-state index contributed by atoms with van der Waals surface area (Å²) in [6.45, 7) is 4.33. The number of aryl methyl sites for hydroxylation is 1. The van der Waals surface area contributed by atoms with Gasteiger partial charge in [0.1, 0.15) is 0 Å². The maximum Gasteiger partial charge on any atom is 0.0195 e. The van der Waals surface area contributed by atoms with Crippen LogP contribution in [0.4, 0.5) is 0 Å². The predicted molar refractivity (Wildman–Crippen MR) is 82.8 cm³/mol. The molecule has 0 saturated heterocycles. The van der Waals surface area contributed by atoms with E-state index in [2.05, 4.69) is 55.4 Å². The highest BCUT2D eigenvalue weighted by molar-refractivity contribution is 5.81. The largest absolute Gasteiger partial charge is 0.364 e. The van der Waals surface area contributed by atoms with Gasteiger partial charge in [0.05, 0.1) is 0 Å². The van der Waals surface area contributed by atoms with Crippen LogP contribution in [0.1, 0.15) is 49.4 Å². The van der Waals surface area contributed by atoms with Crippen molar-refractivity contribution in [2.24, 2.45) is 0 Å². The summed E-state index contributed by atoms with van der Waals surface area (Å²) in [6, 6.07) is 0. The van der Waals surface area contributed by atoms with Crippen LogP contribution >= 0.6 is 0 Å². The van der Waals surface area contributed by atoms with E-state index in [0.29, 0.717) is 0 Å². The monoisotopic (exact) mass is 251 g/mol. The third-order valence-corrected chi connectivity index (χ3v) is 4.05. The minimum absolute atomic E-state index is 1.08. The molecule has 0 radical (unpaired) electrons. The van der Waals surface area contributed by atoms with Gasteiger partial charge in [-0.25, -0.2) is 0 Å². The second-order valence-electron chi connectivity index (χ2n) is 5.40. The molecule has 1 nitrogen and oxygen atoms in total. The van der Waals surface area contributed by atoms with Gasteiger partial charge in [-0.3, -0.25) is 0 Å². The summed E-state index contributed by atoms with van der Waals surface area (Å²) in [5.41, 5.74) is 8.53. The van der Waals surface area contributed by atoms with Crippen molar-refractivity contribution in [3.63, 3.8) is 0 Å². The van der Waals surface area contributed by atoms with E-state index < -0.39 is 0 Å². The summed E-state index contributed by atoms with van der Waals surface area (Å²) in [5.74, 6) is 0. The molecule has 0 aromatic carbocycles. The van der Waals surface area contributed by atoms with E-state index in [4.69, 9.17) is 0 Å². The van der Waals surface area contributed by atoms with Gasteiger partial charge in [-0.05, 0) is 43.8 Å². The maximum absolute atomic E-state index is 3.38. The third kappa shape index (κ3) is 2.25. The Balaban J connectivity index is 1.93. The number of allylic oxidation sites excluding steroid dienone is 7. The molecule has 2 aliphatic carbocycles. The van der Waals surface area contributed by atoms with Crippen LogP contribution in [-0.4, -0.2) is 4.98 Å². The lowest BCUT2D eigenvalue weighted by Crippen LogP contribution is -1.88. The summed E-state index contributed by atoms with van der Waals surface area (Å²) in [6.07, 6.45) is 18.3. The average Bonchev–Trinajstić information content (AvgIpc) is 2.99. The van der Waals surface area contributed by atoms with Gasteiger partial charge in [-0.2, -0.15) is 0 Å². The molecule has 0 saturated carbocycles. The van der Waals surface area contributed by atoms with E-state index in [1.807, 2.05) is 0 Å². The van der Waals surface area contributed by atoms with Crippen LogP contribution in [0.2, 0.25) is 0 Å². The molecule has 2 aliphatic rings. The van der Waals surface area contributed by atoms with Gasteiger partial charge in [0.15, 0.2) is 0 Å². The molecule has 0 spiro atoms. The standard InChI is InChI=1S/C18H21N/c1-3-4-9-17-13(2)19-12-18(17)16-10-14-7-5-6-8-15(14)11-16/h4-5,7,9-10,12,19H,3,6,8,11H2,1-2H3/b9-4-. The molecule has 98 valence electrons. The Morgan fingerprint density at radius 3 is 3.05 bits per heavy atom. The highest BCUT2D eigenvalue weighted by Gasteiger charge is 2.19. The van der Waals surface area contributed by atoms with Gasteiger partial charge >= 0.3 is 0 Å². The molecule has 1 heterocycles. The fraction of sp³-hybridized carbons (Fsp3) is 0.333. The highest BCUT2D eigenvalue weighted by Crippen LogP contribution is 2.39. The summed E-state index contributed by atoms with van der Waals surface area (Å²) >= 11 is 0. The van der Waals surface area contributed by atoms with Crippen LogP contribution in [0.3, 0.4) is 0 Å². The van der Waals surface area contributed by atoms with Gasteiger partial charge < -0.3 is 4.98 Å². The number of hydrogen-bond acceptors (Lipinski definition) is 0. The minimum Gasteiger partial charge on any atom is -0.364 e. The van der Waals surface area contributed by atoms with E-state index >= 15 is 0 Å². The van der Waals surface area contributed by atoms with Crippen molar-refractivity contribution < 1.29 is 0 Å². The topological polar surface area (TPSA) is 15.8 Å². The maximum atomic E-state index is 3.38. The Morgan fingerprint density at radius 1 is 1.37 bits per heavy atom. The average molecular weight is 251 g/mol. The molecule has 1 heteroatoms. The Hall–Kier alpha value is -1.76. The van der Waals surface area contributed by atoms with Crippen molar-refractivity contribution in [3.8, 4) is 0 Å². The first-order valence-electron chi connectivity index (χ1n) is 7.23. The zero-order chi connectivity index (χ0) is 13.2. The normalized spacial score (nSPS) is 18.3. The summed E-state index contributed by atoms with van der Waals surface area (Å²) < 4.78 is 0. The molecule has 3 rings (SSSR count). The van der Waals surface area contributed by atoms with Crippen LogP contribution in [-0.2, 0) is 0 Å². The van der Waals surface area contributed by atoms with E-state index in [1.54, 1.807) is 5.57 Å². The fourth-order valence-corrected chi connectivity index (χ4v) is 2.97. The number of rotatable bonds is 3. The third-order valence-electron chi connectivity index (χ3n) is 4.05. The molecule has 0 atom stereocenters. The van der Waals surface area contributed by atoms with E-state index in [1.165, 1.54) is 40.8 Å². The highest BCUT2D eigenvalue weighted by atomic mass is 14.7. The van der Waals surface area contributed by atoms with Crippen molar-refractivity contribution in [1.82, 2.24) is 4.98 Å². The Bertz CT molecular complexity index is 606. The molecule has 0 amide bonds.